The van der Waals surface area contributed by atoms with E-state index < -0.39 is 0 Å². The van der Waals surface area contributed by atoms with E-state index in [0.29, 0.717) is 17.3 Å². The molecule has 132 valence electrons. The van der Waals surface area contributed by atoms with Crippen LogP contribution in [0.15, 0.2) is 41.0 Å². The monoisotopic (exact) mass is 340 g/mol. The first-order valence-electron chi connectivity index (χ1n) is 9.12. The molecule has 2 aromatic rings. The van der Waals surface area contributed by atoms with Crippen LogP contribution in [-0.4, -0.2) is 25.1 Å². The molecule has 0 saturated heterocycles. The van der Waals surface area contributed by atoms with Crippen molar-refractivity contribution < 1.29 is 18.7 Å². The normalized spacial score (nSPS) is 29.2. The second-order valence-electron chi connectivity index (χ2n) is 7.12. The van der Waals surface area contributed by atoms with Crippen molar-refractivity contribution in [2.75, 3.05) is 7.11 Å². The van der Waals surface area contributed by atoms with E-state index in [4.69, 9.17) is 13.9 Å². The van der Waals surface area contributed by atoms with Crippen LogP contribution in [0.1, 0.15) is 38.4 Å². The Morgan fingerprint density at radius 2 is 2.08 bits per heavy atom. The van der Waals surface area contributed by atoms with Crippen LogP contribution >= 0.6 is 0 Å². The summed E-state index contributed by atoms with van der Waals surface area (Å²) in [4.78, 5) is 13.1. The van der Waals surface area contributed by atoms with E-state index in [-0.39, 0.29) is 23.9 Å². The number of carbonyl (C=O) groups excluding carboxylic acids is 1. The van der Waals surface area contributed by atoms with Gasteiger partial charge >= 0.3 is 0 Å². The molecule has 1 fully saturated rings. The molecule has 25 heavy (non-hydrogen) atoms. The summed E-state index contributed by atoms with van der Waals surface area (Å²) >= 11 is 0. The summed E-state index contributed by atoms with van der Waals surface area (Å²) in [7, 11) is 1.76. The van der Waals surface area contributed by atoms with E-state index >= 15 is 0 Å². The number of hydrogen-bond donors (Lipinski definition) is 0. The lowest BCUT2D eigenvalue weighted by atomic mass is 9.72. The number of carbonyl (C=O) groups is 1. The smallest absolute Gasteiger partial charge is 0.176 e. The Morgan fingerprint density at radius 1 is 1.24 bits per heavy atom. The Kier molecular flexibility index (Phi) is 4.38. The van der Waals surface area contributed by atoms with Gasteiger partial charge < -0.3 is 13.9 Å². The van der Waals surface area contributed by atoms with Gasteiger partial charge in [-0.2, -0.15) is 0 Å². The molecule has 0 bridgehead atoms. The molecular weight excluding hydrogens is 316 g/mol. The molecular formula is C21H24O4. The summed E-state index contributed by atoms with van der Waals surface area (Å²) in [5.41, 5.74) is 1.35. The molecule has 2 heterocycles. The SMILES string of the molecule is CCCC1CC2C(=O)C(c3cc4ccccc4o3)=COC2CC1OC. The molecule has 0 spiro atoms. The molecule has 4 nitrogen and oxygen atoms in total. The first-order chi connectivity index (χ1) is 12.2. The number of fused-ring (bicyclic) bond motifs is 2. The van der Waals surface area contributed by atoms with E-state index in [2.05, 4.69) is 6.92 Å². The van der Waals surface area contributed by atoms with Gasteiger partial charge in [-0.1, -0.05) is 31.5 Å². The second kappa shape index (κ2) is 6.68. The van der Waals surface area contributed by atoms with E-state index in [1.807, 2.05) is 30.3 Å². The van der Waals surface area contributed by atoms with Gasteiger partial charge in [-0.05, 0) is 30.9 Å². The number of ketones is 1. The first kappa shape index (κ1) is 16.4. The predicted octanol–water partition coefficient (Wildman–Crippen LogP) is 4.58. The van der Waals surface area contributed by atoms with Crippen molar-refractivity contribution in [2.45, 2.75) is 44.8 Å². The van der Waals surface area contributed by atoms with E-state index in [9.17, 15) is 4.79 Å². The van der Waals surface area contributed by atoms with Crippen LogP contribution in [0, 0.1) is 11.8 Å². The molecule has 1 aliphatic carbocycles. The number of ether oxygens (including phenoxy) is 2. The molecule has 0 radical (unpaired) electrons. The highest BCUT2D eigenvalue weighted by Gasteiger charge is 2.44. The molecule has 1 aromatic carbocycles. The minimum absolute atomic E-state index is 0.0846. The number of methoxy groups -OCH3 is 1. The zero-order valence-corrected chi connectivity index (χ0v) is 14.7. The molecule has 0 amide bonds. The van der Waals surface area contributed by atoms with Crippen LogP contribution in [0.5, 0.6) is 0 Å². The van der Waals surface area contributed by atoms with Gasteiger partial charge in [0, 0.05) is 18.9 Å². The lowest BCUT2D eigenvalue weighted by Crippen LogP contribution is -2.45. The number of rotatable bonds is 4. The summed E-state index contributed by atoms with van der Waals surface area (Å²) in [6.07, 6.45) is 5.47. The van der Waals surface area contributed by atoms with Crippen LogP contribution in [0.3, 0.4) is 0 Å². The average molecular weight is 340 g/mol. The van der Waals surface area contributed by atoms with Gasteiger partial charge in [-0.3, -0.25) is 4.79 Å². The Labute approximate surface area is 147 Å². The number of hydrogen-bond acceptors (Lipinski definition) is 4. The zero-order valence-electron chi connectivity index (χ0n) is 14.7. The Bertz CT molecular complexity index is 770. The summed E-state index contributed by atoms with van der Waals surface area (Å²) in [5, 5.41) is 1.00. The third kappa shape index (κ3) is 2.89. The fourth-order valence-electron chi connectivity index (χ4n) is 4.31. The van der Waals surface area contributed by atoms with Crippen LogP contribution in [-0.2, 0) is 14.3 Å². The van der Waals surface area contributed by atoms with Gasteiger partial charge in [-0.25, -0.2) is 0 Å². The van der Waals surface area contributed by atoms with Gasteiger partial charge in [0.2, 0.25) is 0 Å². The molecule has 4 heteroatoms. The van der Waals surface area contributed by atoms with Crippen molar-refractivity contribution in [3.05, 3.63) is 42.4 Å². The molecule has 4 rings (SSSR count). The van der Waals surface area contributed by atoms with Crippen LogP contribution in [0.25, 0.3) is 16.5 Å². The molecule has 1 saturated carbocycles. The second-order valence-corrected chi connectivity index (χ2v) is 7.12. The third-order valence-corrected chi connectivity index (χ3v) is 5.61. The van der Waals surface area contributed by atoms with E-state index in [1.165, 1.54) is 0 Å². The maximum Gasteiger partial charge on any atom is 0.176 e. The van der Waals surface area contributed by atoms with Crippen LogP contribution < -0.4 is 0 Å². The standard InChI is InChI=1S/C21H24O4/c1-3-6-13-9-15-19(11-18(13)23-2)24-12-16(21(15)22)20-10-14-7-4-5-8-17(14)25-20/h4-5,7-8,10,12-13,15,18-19H,3,6,9,11H2,1-2H3. The molecule has 4 atom stereocenters. The predicted molar refractivity (Wildman–Crippen MR) is 96.0 cm³/mol. The number of Topliss-reactive ketones (excluding diaryl/α,β-unsaturated/α-hetero) is 1. The fraction of sp³-hybridized carbons (Fsp3) is 0.476. The van der Waals surface area contributed by atoms with Gasteiger partial charge in [0.25, 0.3) is 0 Å². The van der Waals surface area contributed by atoms with Crippen LogP contribution in [0.4, 0.5) is 0 Å². The average Bonchev–Trinajstić information content (AvgIpc) is 3.06. The largest absolute Gasteiger partial charge is 0.496 e. The Balaban J connectivity index is 1.62. The molecule has 4 unspecified atom stereocenters. The van der Waals surface area contributed by atoms with E-state index in [0.717, 1.165) is 36.7 Å². The van der Waals surface area contributed by atoms with Crippen molar-refractivity contribution in [1.82, 2.24) is 0 Å². The summed E-state index contributed by atoms with van der Waals surface area (Å²) in [6.45, 7) is 2.18. The van der Waals surface area contributed by atoms with Crippen molar-refractivity contribution in [2.24, 2.45) is 11.8 Å². The Hall–Kier alpha value is -2.07. The first-order valence-corrected chi connectivity index (χ1v) is 9.12. The maximum atomic E-state index is 13.1. The van der Waals surface area contributed by atoms with Crippen LogP contribution in [0.2, 0.25) is 0 Å². The topological polar surface area (TPSA) is 48.7 Å². The van der Waals surface area contributed by atoms with Gasteiger partial charge in [0.1, 0.15) is 17.4 Å². The van der Waals surface area contributed by atoms with Crippen molar-refractivity contribution in [3.8, 4) is 0 Å². The number of benzene rings is 1. The highest BCUT2D eigenvalue weighted by Crippen LogP contribution is 2.41. The number of furan rings is 1. The van der Waals surface area contributed by atoms with Gasteiger partial charge in [0.15, 0.2) is 5.78 Å². The molecule has 1 aromatic heterocycles. The Morgan fingerprint density at radius 3 is 2.84 bits per heavy atom. The fourth-order valence-corrected chi connectivity index (χ4v) is 4.31. The van der Waals surface area contributed by atoms with Gasteiger partial charge in [0.05, 0.1) is 23.9 Å². The highest BCUT2D eigenvalue weighted by atomic mass is 16.5. The minimum Gasteiger partial charge on any atom is -0.496 e. The van der Waals surface area contributed by atoms with E-state index in [1.54, 1.807) is 13.4 Å². The quantitative estimate of drug-likeness (QED) is 0.817. The van der Waals surface area contributed by atoms with Crippen molar-refractivity contribution in [1.29, 1.82) is 0 Å². The van der Waals surface area contributed by atoms with Crippen molar-refractivity contribution >= 4 is 22.3 Å². The molecule has 0 N–H and O–H groups in total. The zero-order chi connectivity index (χ0) is 17.4. The summed E-state index contributed by atoms with van der Waals surface area (Å²) in [5.74, 6) is 1.06. The molecule has 2 aliphatic rings. The third-order valence-electron chi connectivity index (χ3n) is 5.61. The lowest BCUT2D eigenvalue weighted by Gasteiger charge is -2.41. The summed E-state index contributed by atoms with van der Waals surface area (Å²) in [6, 6.07) is 9.72. The van der Waals surface area contributed by atoms with Gasteiger partial charge in [-0.15, -0.1) is 0 Å². The number of para-hydroxylation sites is 1. The maximum absolute atomic E-state index is 13.1. The lowest BCUT2D eigenvalue weighted by molar-refractivity contribution is -0.131. The minimum atomic E-state index is -0.101. The highest BCUT2D eigenvalue weighted by molar-refractivity contribution is 6.22. The summed E-state index contributed by atoms with van der Waals surface area (Å²) < 4.78 is 17.5. The van der Waals surface area contributed by atoms with Crippen molar-refractivity contribution in [3.63, 3.8) is 0 Å². The number of allylic oxidation sites excluding steroid dienone is 1. The molecule has 1 aliphatic heterocycles.